The van der Waals surface area contributed by atoms with Crippen molar-refractivity contribution in [1.82, 2.24) is 10.2 Å². The maximum Gasteiger partial charge on any atom is 0.229 e. The molecule has 1 amide bonds. The normalized spacial score (nSPS) is 28.7. The Morgan fingerprint density at radius 2 is 1.89 bits per heavy atom. The standard InChI is InChI=1S/C28H34Cl2N2O3S/c1-4-13-28(3)18-24(20-7-6-8-22(30)16-20)26(19-9-11-21(29)12-10-19)32(27(28)33)23(5-2)17-25-31-14-15-36(25,34)35/h4,6-12,16,23-26,31H,1,5,13-15,17-18H2,2-3H3/t23-,24+,25?,26+,28-/m0/s1. The summed E-state index contributed by atoms with van der Waals surface area (Å²) in [7, 11) is -3.25. The van der Waals surface area contributed by atoms with Gasteiger partial charge in [0.05, 0.1) is 17.2 Å². The second-order valence-electron chi connectivity index (χ2n) is 10.2. The lowest BCUT2D eigenvalue weighted by atomic mass is 9.67. The molecule has 0 radical (unpaired) electrons. The molecule has 5 atom stereocenters. The molecule has 2 aromatic carbocycles. The van der Waals surface area contributed by atoms with Gasteiger partial charge in [-0.3, -0.25) is 4.79 Å². The third-order valence-electron chi connectivity index (χ3n) is 7.73. The molecular formula is C28H34Cl2N2O3S. The van der Waals surface area contributed by atoms with Crippen molar-refractivity contribution in [1.29, 1.82) is 0 Å². The highest BCUT2D eigenvalue weighted by Crippen LogP contribution is 2.52. The average Bonchev–Trinajstić information content (AvgIpc) is 3.17. The number of nitrogens with one attached hydrogen (secondary N) is 1. The van der Waals surface area contributed by atoms with Crippen LogP contribution in [0, 0.1) is 5.41 Å². The number of carbonyl (C=O) groups excluding carboxylic acids is 1. The Bertz CT molecular complexity index is 1220. The Kier molecular flexibility index (Phi) is 8.20. The predicted molar refractivity (Wildman–Crippen MR) is 147 cm³/mol. The molecule has 1 unspecified atom stereocenters. The zero-order valence-corrected chi connectivity index (χ0v) is 23.1. The van der Waals surface area contributed by atoms with Gasteiger partial charge in [0, 0.05) is 28.5 Å². The first-order chi connectivity index (χ1) is 17.1. The highest BCUT2D eigenvalue weighted by atomic mass is 35.5. The van der Waals surface area contributed by atoms with Crippen molar-refractivity contribution in [3.8, 4) is 0 Å². The summed E-state index contributed by atoms with van der Waals surface area (Å²) in [6.07, 6.45) is 3.94. The first-order valence-electron chi connectivity index (χ1n) is 12.5. The van der Waals surface area contributed by atoms with Crippen molar-refractivity contribution in [2.45, 2.75) is 62.9 Å². The van der Waals surface area contributed by atoms with E-state index in [0.29, 0.717) is 42.3 Å². The summed E-state index contributed by atoms with van der Waals surface area (Å²) in [6.45, 7) is 8.39. The Morgan fingerprint density at radius 3 is 2.47 bits per heavy atom. The van der Waals surface area contributed by atoms with Crippen LogP contribution in [0.1, 0.15) is 62.6 Å². The van der Waals surface area contributed by atoms with Gasteiger partial charge in [-0.1, -0.05) is 67.4 Å². The number of hydrogen-bond donors (Lipinski definition) is 1. The van der Waals surface area contributed by atoms with Crippen LogP contribution in [0.5, 0.6) is 0 Å². The fourth-order valence-electron chi connectivity index (χ4n) is 5.87. The van der Waals surface area contributed by atoms with Gasteiger partial charge in [0.15, 0.2) is 9.84 Å². The molecule has 8 heteroatoms. The van der Waals surface area contributed by atoms with Crippen LogP contribution in [0.15, 0.2) is 61.2 Å². The number of carbonyl (C=O) groups is 1. The summed E-state index contributed by atoms with van der Waals surface area (Å²) < 4.78 is 25.4. The average molecular weight is 550 g/mol. The zero-order valence-electron chi connectivity index (χ0n) is 20.8. The third kappa shape index (κ3) is 5.38. The lowest BCUT2D eigenvalue weighted by Crippen LogP contribution is -2.56. The first kappa shape index (κ1) is 27.2. The SMILES string of the molecule is C=CC[C@@]1(C)C[C@H](c2cccc(Cl)c2)[C@@H](c2ccc(Cl)cc2)N([C@@H](CC)CC2NCCS2(=O)=O)C1=O. The number of allylic oxidation sites excluding steroid dienone is 1. The van der Waals surface area contributed by atoms with Crippen LogP contribution in [0.25, 0.3) is 0 Å². The summed E-state index contributed by atoms with van der Waals surface area (Å²) in [4.78, 5) is 16.3. The Labute approximate surface area is 224 Å². The fourth-order valence-corrected chi connectivity index (χ4v) is 7.77. The van der Waals surface area contributed by atoms with E-state index in [9.17, 15) is 13.2 Å². The summed E-state index contributed by atoms with van der Waals surface area (Å²) in [5.41, 5.74) is 1.35. The monoisotopic (exact) mass is 548 g/mol. The van der Waals surface area contributed by atoms with Gasteiger partial charge in [0.1, 0.15) is 5.37 Å². The maximum absolute atomic E-state index is 14.3. The minimum absolute atomic E-state index is 0.0304. The van der Waals surface area contributed by atoms with E-state index in [1.807, 2.05) is 61.2 Å². The molecule has 0 aliphatic carbocycles. The molecule has 1 N–H and O–H groups in total. The first-order valence-corrected chi connectivity index (χ1v) is 15.0. The van der Waals surface area contributed by atoms with Crippen LogP contribution in [-0.4, -0.2) is 42.9 Å². The molecule has 2 saturated heterocycles. The molecule has 194 valence electrons. The van der Waals surface area contributed by atoms with Gasteiger partial charge < -0.3 is 10.2 Å². The molecule has 36 heavy (non-hydrogen) atoms. The Balaban J connectivity index is 1.87. The molecule has 0 aromatic heterocycles. The molecular weight excluding hydrogens is 515 g/mol. The van der Waals surface area contributed by atoms with E-state index < -0.39 is 20.6 Å². The van der Waals surface area contributed by atoms with Crippen LogP contribution in [0.4, 0.5) is 0 Å². The van der Waals surface area contributed by atoms with Crippen LogP contribution >= 0.6 is 23.2 Å². The number of piperidine rings is 1. The zero-order chi connectivity index (χ0) is 26.1. The van der Waals surface area contributed by atoms with E-state index >= 15 is 0 Å². The van der Waals surface area contributed by atoms with Crippen LogP contribution in [0.2, 0.25) is 10.0 Å². The lowest BCUT2D eigenvalue weighted by molar-refractivity contribution is -0.154. The van der Waals surface area contributed by atoms with Gasteiger partial charge in [0.25, 0.3) is 0 Å². The van der Waals surface area contributed by atoms with Crippen LogP contribution < -0.4 is 5.32 Å². The smallest absolute Gasteiger partial charge is 0.229 e. The highest BCUT2D eigenvalue weighted by Gasteiger charge is 2.51. The van der Waals surface area contributed by atoms with E-state index in [1.165, 1.54) is 0 Å². The van der Waals surface area contributed by atoms with Crippen molar-refractivity contribution >= 4 is 38.9 Å². The Morgan fingerprint density at radius 1 is 1.17 bits per heavy atom. The van der Waals surface area contributed by atoms with Crippen molar-refractivity contribution in [3.05, 3.63) is 82.4 Å². The van der Waals surface area contributed by atoms with Gasteiger partial charge in [-0.05, 0) is 61.1 Å². The molecule has 2 aromatic rings. The second-order valence-corrected chi connectivity index (χ2v) is 13.4. The molecule has 2 aliphatic rings. The lowest BCUT2D eigenvalue weighted by Gasteiger charge is -2.52. The highest BCUT2D eigenvalue weighted by molar-refractivity contribution is 7.92. The fraction of sp³-hybridized carbons (Fsp3) is 0.464. The minimum Gasteiger partial charge on any atom is -0.331 e. The molecule has 0 spiro atoms. The van der Waals surface area contributed by atoms with Crippen LogP contribution in [0.3, 0.4) is 0 Å². The van der Waals surface area contributed by atoms with Gasteiger partial charge in [-0.25, -0.2) is 8.42 Å². The molecule has 0 bridgehead atoms. The molecule has 0 saturated carbocycles. The summed E-state index contributed by atoms with van der Waals surface area (Å²) >= 11 is 12.6. The van der Waals surface area contributed by atoms with Crippen molar-refractivity contribution in [2.24, 2.45) is 5.41 Å². The van der Waals surface area contributed by atoms with Gasteiger partial charge in [-0.2, -0.15) is 0 Å². The number of sulfone groups is 1. The van der Waals surface area contributed by atoms with E-state index in [4.69, 9.17) is 23.2 Å². The second kappa shape index (κ2) is 10.9. The number of benzene rings is 2. The largest absolute Gasteiger partial charge is 0.331 e. The summed E-state index contributed by atoms with van der Waals surface area (Å²) in [5, 5.41) is 3.76. The topological polar surface area (TPSA) is 66.5 Å². The van der Waals surface area contributed by atoms with E-state index in [1.54, 1.807) is 6.08 Å². The molecule has 4 rings (SSSR count). The van der Waals surface area contributed by atoms with Crippen LogP contribution in [-0.2, 0) is 14.6 Å². The van der Waals surface area contributed by atoms with Crippen molar-refractivity contribution in [2.75, 3.05) is 12.3 Å². The predicted octanol–water partition coefficient (Wildman–Crippen LogP) is 6.15. The summed E-state index contributed by atoms with van der Waals surface area (Å²) in [5.74, 6) is 0.111. The number of hydrogen-bond acceptors (Lipinski definition) is 4. The van der Waals surface area contributed by atoms with Crippen molar-refractivity contribution < 1.29 is 13.2 Å². The number of amides is 1. The quantitative estimate of drug-likeness (QED) is 0.402. The number of halogens is 2. The van der Waals surface area contributed by atoms with Gasteiger partial charge in [0.2, 0.25) is 5.91 Å². The Hall–Kier alpha value is -1.86. The number of rotatable bonds is 8. The number of likely N-dealkylation sites (tertiary alicyclic amines) is 1. The summed E-state index contributed by atoms with van der Waals surface area (Å²) in [6, 6.07) is 14.9. The minimum atomic E-state index is -3.25. The molecule has 2 aliphatic heterocycles. The molecule has 2 heterocycles. The molecule has 2 fully saturated rings. The van der Waals surface area contributed by atoms with Gasteiger partial charge >= 0.3 is 0 Å². The van der Waals surface area contributed by atoms with Crippen molar-refractivity contribution in [3.63, 3.8) is 0 Å². The maximum atomic E-state index is 14.3. The van der Waals surface area contributed by atoms with E-state index in [2.05, 4.69) is 18.0 Å². The number of nitrogens with zero attached hydrogens (tertiary/aromatic N) is 1. The molecule has 5 nitrogen and oxygen atoms in total. The third-order valence-corrected chi connectivity index (χ3v) is 10.2. The van der Waals surface area contributed by atoms with Gasteiger partial charge in [-0.15, -0.1) is 6.58 Å². The van der Waals surface area contributed by atoms with E-state index in [0.717, 1.165) is 11.1 Å². The van der Waals surface area contributed by atoms with E-state index in [-0.39, 0.29) is 29.7 Å².